The number of aromatic nitrogens is 1. The fraction of sp³-hybridized carbons (Fsp3) is 0.600. The van der Waals surface area contributed by atoms with E-state index in [4.69, 9.17) is 0 Å². The number of hydrogen-bond acceptors (Lipinski definition) is 2. The van der Waals surface area contributed by atoms with Gasteiger partial charge >= 0.3 is 0 Å². The van der Waals surface area contributed by atoms with Crippen LogP contribution in [0.1, 0.15) is 43.5 Å². The quantitative estimate of drug-likeness (QED) is 0.883. The summed E-state index contributed by atoms with van der Waals surface area (Å²) in [7, 11) is 0. The molecule has 1 aromatic heterocycles. The van der Waals surface area contributed by atoms with E-state index in [9.17, 15) is 5.11 Å². The standard InChI is InChI=1S/C20H30N2O/c1-4-21(5-2)13-16(23)14-22-19-9-7-6-8-17(19)18-12-15(3)10-11-20(18)22/h10-12,16,23H,4-9,13-14H2,1-3H3/t16-/m1/s1. The molecule has 0 bridgehead atoms. The molecule has 0 spiro atoms. The summed E-state index contributed by atoms with van der Waals surface area (Å²) < 4.78 is 2.40. The van der Waals surface area contributed by atoms with Gasteiger partial charge in [-0.15, -0.1) is 0 Å². The first-order chi connectivity index (χ1) is 11.1. The Morgan fingerprint density at radius 2 is 1.91 bits per heavy atom. The minimum atomic E-state index is -0.308. The SMILES string of the molecule is CCN(CC)C[C@@H](O)Cn1c2c(c3cc(C)ccc31)CCCC2. The predicted molar refractivity (Wildman–Crippen MR) is 97.1 cm³/mol. The fourth-order valence-electron chi connectivity index (χ4n) is 4.01. The topological polar surface area (TPSA) is 28.4 Å². The molecule has 1 atom stereocenters. The van der Waals surface area contributed by atoms with E-state index in [2.05, 4.69) is 48.4 Å². The summed E-state index contributed by atoms with van der Waals surface area (Å²) >= 11 is 0. The number of fused-ring (bicyclic) bond motifs is 3. The number of aliphatic hydroxyl groups is 1. The van der Waals surface area contributed by atoms with Crippen LogP contribution in [0.25, 0.3) is 10.9 Å². The Kier molecular flexibility index (Phi) is 5.08. The largest absolute Gasteiger partial charge is 0.390 e. The zero-order chi connectivity index (χ0) is 16.4. The molecule has 1 heterocycles. The van der Waals surface area contributed by atoms with Gasteiger partial charge in [-0.3, -0.25) is 0 Å². The number of hydrogen-bond donors (Lipinski definition) is 1. The third-order valence-electron chi connectivity index (χ3n) is 5.29. The highest BCUT2D eigenvalue weighted by Gasteiger charge is 2.21. The normalized spacial score (nSPS) is 16.0. The maximum Gasteiger partial charge on any atom is 0.0845 e. The van der Waals surface area contributed by atoms with Crippen molar-refractivity contribution in [2.75, 3.05) is 19.6 Å². The smallest absolute Gasteiger partial charge is 0.0845 e. The monoisotopic (exact) mass is 314 g/mol. The van der Waals surface area contributed by atoms with Crippen molar-refractivity contribution in [2.24, 2.45) is 0 Å². The number of rotatable bonds is 6. The van der Waals surface area contributed by atoms with Gasteiger partial charge in [0.25, 0.3) is 0 Å². The molecule has 1 N–H and O–H groups in total. The Bertz CT molecular complexity index is 670. The molecule has 3 heteroatoms. The Hall–Kier alpha value is -1.32. The molecule has 126 valence electrons. The lowest BCUT2D eigenvalue weighted by molar-refractivity contribution is 0.103. The molecule has 0 radical (unpaired) electrons. The molecule has 1 aliphatic carbocycles. The Morgan fingerprint density at radius 3 is 2.65 bits per heavy atom. The van der Waals surface area contributed by atoms with Gasteiger partial charge in [0, 0.05) is 23.1 Å². The Morgan fingerprint density at radius 1 is 1.17 bits per heavy atom. The first-order valence-electron chi connectivity index (χ1n) is 9.15. The van der Waals surface area contributed by atoms with Gasteiger partial charge in [-0.2, -0.15) is 0 Å². The van der Waals surface area contributed by atoms with Crippen LogP contribution in [0.4, 0.5) is 0 Å². The molecule has 0 unspecified atom stereocenters. The van der Waals surface area contributed by atoms with Crippen molar-refractivity contribution in [3.63, 3.8) is 0 Å². The number of aliphatic hydroxyl groups excluding tert-OH is 1. The van der Waals surface area contributed by atoms with E-state index in [0.717, 1.165) is 26.1 Å². The van der Waals surface area contributed by atoms with Crippen LogP contribution in [0.5, 0.6) is 0 Å². The second kappa shape index (κ2) is 7.06. The van der Waals surface area contributed by atoms with Gasteiger partial charge in [-0.05, 0) is 63.4 Å². The molecular formula is C20H30N2O. The van der Waals surface area contributed by atoms with Gasteiger partial charge in [0.1, 0.15) is 0 Å². The van der Waals surface area contributed by atoms with Crippen molar-refractivity contribution in [2.45, 2.75) is 59.1 Å². The molecule has 3 nitrogen and oxygen atoms in total. The van der Waals surface area contributed by atoms with Crippen LogP contribution < -0.4 is 0 Å². The van der Waals surface area contributed by atoms with Gasteiger partial charge in [0.15, 0.2) is 0 Å². The summed E-state index contributed by atoms with van der Waals surface area (Å²) in [5, 5.41) is 12.0. The molecule has 0 fully saturated rings. The zero-order valence-corrected chi connectivity index (χ0v) is 14.8. The van der Waals surface area contributed by atoms with Gasteiger partial charge < -0.3 is 14.6 Å². The minimum absolute atomic E-state index is 0.308. The summed E-state index contributed by atoms with van der Waals surface area (Å²) in [6.45, 7) is 9.95. The summed E-state index contributed by atoms with van der Waals surface area (Å²) in [6, 6.07) is 6.76. The summed E-state index contributed by atoms with van der Waals surface area (Å²) in [5.41, 5.74) is 5.63. The third-order valence-corrected chi connectivity index (χ3v) is 5.29. The Labute approximate surface area is 139 Å². The zero-order valence-electron chi connectivity index (χ0n) is 14.8. The van der Waals surface area contributed by atoms with Crippen molar-refractivity contribution >= 4 is 10.9 Å². The maximum atomic E-state index is 10.6. The lowest BCUT2D eigenvalue weighted by Gasteiger charge is -2.24. The van der Waals surface area contributed by atoms with Crippen LogP contribution in [0.2, 0.25) is 0 Å². The van der Waals surface area contributed by atoms with Crippen molar-refractivity contribution in [1.29, 1.82) is 0 Å². The molecule has 0 amide bonds. The molecule has 23 heavy (non-hydrogen) atoms. The second-order valence-corrected chi connectivity index (χ2v) is 6.90. The van der Waals surface area contributed by atoms with Crippen molar-refractivity contribution < 1.29 is 5.11 Å². The molecule has 0 saturated carbocycles. The Balaban J connectivity index is 1.93. The van der Waals surface area contributed by atoms with Crippen LogP contribution in [0.15, 0.2) is 18.2 Å². The van der Waals surface area contributed by atoms with Crippen molar-refractivity contribution in [3.8, 4) is 0 Å². The highest BCUT2D eigenvalue weighted by Crippen LogP contribution is 2.33. The van der Waals surface area contributed by atoms with E-state index in [0.29, 0.717) is 6.54 Å². The van der Waals surface area contributed by atoms with E-state index in [1.807, 2.05) is 0 Å². The fourth-order valence-corrected chi connectivity index (χ4v) is 4.01. The molecule has 1 aliphatic rings. The summed E-state index contributed by atoms with van der Waals surface area (Å²) in [5.74, 6) is 0. The van der Waals surface area contributed by atoms with Gasteiger partial charge in [0.05, 0.1) is 12.6 Å². The molecule has 0 aliphatic heterocycles. The average Bonchev–Trinajstić information content (AvgIpc) is 2.86. The minimum Gasteiger partial charge on any atom is -0.390 e. The molecule has 2 aromatic rings. The number of aryl methyl sites for hydroxylation is 2. The van der Waals surface area contributed by atoms with Gasteiger partial charge in [0.2, 0.25) is 0 Å². The molecule has 3 rings (SSSR count). The summed E-state index contributed by atoms with van der Waals surface area (Å²) in [4.78, 5) is 2.30. The van der Waals surface area contributed by atoms with Crippen LogP contribution >= 0.6 is 0 Å². The lowest BCUT2D eigenvalue weighted by Crippen LogP contribution is -2.34. The van der Waals surface area contributed by atoms with Crippen LogP contribution in [-0.4, -0.2) is 40.3 Å². The molecule has 1 aromatic carbocycles. The highest BCUT2D eigenvalue weighted by molar-refractivity contribution is 5.86. The van der Waals surface area contributed by atoms with E-state index in [1.165, 1.54) is 47.0 Å². The van der Waals surface area contributed by atoms with E-state index in [1.54, 1.807) is 0 Å². The van der Waals surface area contributed by atoms with Crippen LogP contribution in [0.3, 0.4) is 0 Å². The summed E-state index contributed by atoms with van der Waals surface area (Å²) in [6.07, 6.45) is 4.60. The number of benzene rings is 1. The van der Waals surface area contributed by atoms with E-state index < -0.39 is 0 Å². The number of nitrogens with zero attached hydrogens (tertiary/aromatic N) is 2. The maximum absolute atomic E-state index is 10.6. The van der Waals surface area contributed by atoms with Crippen LogP contribution in [-0.2, 0) is 19.4 Å². The van der Waals surface area contributed by atoms with Crippen LogP contribution in [0, 0.1) is 6.92 Å². The van der Waals surface area contributed by atoms with Gasteiger partial charge in [-0.25, -0.2) is 0 Å². The van der Waals surface area contributed by atoms with Gasteiger partial charge in [-0.1, -0.05) is 25.5 Å². The molecular weight excluding hydrogens is 284 g/mol. The highest BCUT2D eigenvalue weighted by atomic mass is 16.3. The van der Waals surface area contributed by atoms with E-state index >= 15 is 0 Å². The third kappa shape index (κ3) is 3.31. The van der Waals surface area contributed by atoms with Crippen molar-refractivity contribution in [1.82, 2.24) is 9.47 Å². The average molecular weight is 314 g/mol. The number of likely N-dealkylation sites (N-methyl/N-ethyl adjacent to an activating group) is 1. The van der Waals surface area contributed by atoms with Crippen molar-refractivity contribution in [3.05, 3.63) is 35.0 Å². The predicted octanol–water partition coefficient (Wildman–Crippen LogP) is 3.53. The second-order valence-electron chi connectivity index (χ2n) is 6.90. The first-order valence-corrected chi connectivity index (χ1v) is 9.15. The first kappa shape index (κ1) is 16.5. The molecule has 0 saturated heterocycles. The lowest BCUT2D eigenvalue weighted by atomic mass is 9.95. The van der Waals surface area contributed by atoms with E-state index in [-0.39, 0.29) is 6.10 Å².